The third-order valence-corrected chi connectivity index (χ3v) is 3.35. The van der Waals surface area contributed by atoms with E-state index in [0.29, 0.717) is 11.7 Å². The zero-order valence-corrected chi connectivity index (χ0v) is 10.4. The molecular weight excluding hydrogens is 240 g/mol. The molecule has 2 rings (SSSR count). The zero-order chi connectivity index (χ0) is 12.4. The SMILES string of the molecule is CC1CCCN(c2cc(C(=O)O)c(Cl)cn2)C1. The van der Waals surface area contributed by atoms with E-state index in [1.807, 2.05) is 0 Å². The number of pyridine rings is 1. The molecular formula is C12H15ClN2O2. The van der Waals surface area contributed by atoms with Crippen molar-refractivity contribution in [2.45, 2.75) is 19.8 Å². The van der Waals surface area contributed by atoms with Crippen LogP contribution >= 0.6 is 11.6 Å². The van der Waals surface area contributed by atoms with E-state index in [0.717, 1.165) is 19.5 Å². The molecule has 0 aromatic carbocycles. The van der Waals surface area contributed by atoms with E-state index >= 15 is 0 Å². The van der Waals surface area contributed by atoms with Crippen LogP contribution in [0.2, 0.25) is 5.02 Å². The van der Waals surface area contributed by atoms with E-state index < -0.39 is 5.97 Å². The monoisotopic (exact) mass is 254 g/mol. The standard InChI is InChI=1S/C12H15ClN2O2/c1-8-3-2-4-15(7-8)11-5-9(12(16)17)10(13)6-14-11/h5-6,8H,2-4,7H2,1H3,(H,16,17). The minimum atomic E-state index is -1.01. The van der Waals surface area contributed by atoms with Crippen molar-refractivity contribution < 1.29 is 9.90 Å². The molecule has 0 spiro atoms. The lowest BCUT2D eigenvalue weighted by molar-refractivity contribution is 0.0697. The molecule has 0 bridgehead atoms. The number of halogens is 1. The highest BCUT2D eigenvalue weighted by molar-refractivity contribution is 6.33. The summed E-state index contributed by atoms with van der Waals surface area (Å²) in [5.41, 5.74) is 0.120. The Morgan fingerprint density at radius 3 is 3.06 bits per heavy atom. The second kappa shape index (κ2) is 4.92. The number of carboxylic acid groups (broad SMARTS) is 1. The molecule has 1 aromatic heterocycles. The quantitative estimate of drug-likeness (QED) is 0.882. The fourth-order valence-corrected chi connectivity index (χ4v) is 2.35. The topological polar surface area (TPSA) is 53.4 Å². The number of anilines is 1. The van der Waals surface area contributed by atoms with Gasteiger partial charge in [-0.2, -0.15) is 0 Å². The molecule has 2 heterocycles. The average Bonchev–Trinajstić information content (AvgIpc) is 2.29. The number of aromatic nitrogens is 1. The normalized spacial score (nSPS) is 20.4. The van der Waals surface area contributed by atoms with Crippen LogP contribution in [0.15, 0.2) is 12.3 Å². The summed E-state index contributed by atoms with van der Waals surface area (Å²) in [5, 5.41) is 9.20. The van der Waals surface area contributed by atoms with Gasteiger partial charge in [0.2, 0.25) is 0 Å². The molecule has 1 aromatic rings. The first-order valence-corrected chi connectivity index (χ1v) is 6.09. The molecule has 1 N–H and O–H groups in total. The van der Waals surface area contributed by atoms with Gasteiger partial charge in [0.05, 0.1) is 10.6 Å². The van der Waals surface area contributed by atoms with Crippen molar-refractivity contribution in [2.24, 2.45) is 5.92 Å². The summed E-state index contributed by atoms with van der Waals surface area (Å²) in [6, 6.07) is 1.56. The van der Waals surface area contributed by atoms with E-state index in [-0.39, 0.29) is 10.6 Å². The summed E-state index contributed by atoms with van der Waals surface area (Å²) in [6.45, 7) is 4.05. The van der Waals surface area contributed by atoms with Crippen LogP contribution in [0.3, 0.4) is 0 Å². The van der Waals surface area contributed by atoms with Gasteiger partial charge >= 0.3 is 5.97 Å². The van der Waals surface area contributed by atoms with Gasteiger partial charge in [-0.05, 0) is 24.8 Å². The summed E-state index contributed by atoms with van der Waals surface area (Å²) in [6.07, 6.45) is 3.75. The third kappa shape index (κ3) is 2.69. The molecule has 92 valence electrons. The van der Waals surface area contributed by atoms with Crippen molar-refractivity contribution in [2.75, 3.05) is 18.0 Å². The zero-order valence-electron chi connectivity index (χ0n) is 9.69. The lowest BCUT2D eigenvalue weighted by Gasteiger charge is -2.31. The Kier molecular flexibility index (Phi) is 3.52. The van der Waals surface area contributed by atoms with Crippen molar-refractivity contribution in [1.29, 1.82) is 0 Å². The first-order valence-electron chi connectivity index (χ1n) is 5.71. The molecule has 4 nitrogen and oxygen atoms in total. The van der Waals surface area contributed by atoms with Crippen LogP contribution in [-0.4, -0.2) is 29.1 Å². The molecule has 0 amide bonds. The molecule has 1 aliphatic rings. The molecule has 0 aliphatic carbocycles. The van der Waals surface area contributed by atoms with Crippen molar-refractivity contribution in [3.05, 3.63) is 22.8 Å². The van der Waals surface area contributed by atoms with Gasteiger partial charge < -0.3 is 10.0 Å². The molecule has 1 saturated heterocycles. The fourth-order valence-electron chi connectivity index (χ4n) is 2.16. The van der Waals surface area contributed by atoms with E-state index in [4.69, 9.17) is 16.7 Å². The number of hydrogen-bond donors (Lipinski definition) is 1. The van der Waals surface area contributed by atoms with Crippen LogP contribution in [-0.2, 0) is 0 Å². The maximum Gasteiger partial charge on any atom is 0.337 e. The Bertz CT molecular complexity index is 437. The summed E-state index contributed by atoms with van der Waals surface area (Å²) < 4.78 is 0. The fraction of sp³-hybridized carbons (Fsp3) is 0.500. The maximum absolute atomic E-state index is 11.0. The lowest BCUT2D eigenvalue weighted by Crippen LogP contribution is -2.34. The van der Waals surface area contributed by atoms with E-state index in [9.17, 15) is 4.79 Å². The molecule has 1 atom stereocenters. The van der Waals surface area contributed by atoms with Crippen molar-refractivity contribution in [1.82, 2.24) is 4.98 Å². The highest BCUT2D eigenvalue weighted by atomic mass is 35.5. The minimum absolute atomic E-state index is 0.120. The predicted octanol–water partition coefficient (Wildman–Crippen LogP) is 2.67. The molecule has 1 unspecified atom stereocenters. The molecule has 0 saturated carbocycles. The summed E-state index contributed by atoms with van der Waals surface area (Å²) in [7, 11) is 0. The van der Waals surface area contributed by atoms with Gasteiger partial charge in [0, 0.05) is 19.3 Å². The average molecular weight is 255 g/mol. The lowest BCUT2D eigenvalue weighted by atomic mass is 10.0. The number of hydrogen-bond acceptors (Lipinski definition) is 3. The van der Waals surface area contributed by atoms with Crippen LogP contribution < -0.4 is 4.90 Å². The van der Waals surface area contributed by atoms with Crippen molar-refractivity contribution >= 4 is 23.4 Å². The third-order valence-electron chi connectivity index (χ3n) is 3.05. The summed E-state index contributed by atoms with van der Waals surface area (Å²) >= 11 is 5.80. The number of rotatable bonds is 2. The Hall–Kier alpha value is -1.29. The number of nitrogens with zero attached hydrogens (tertiary/aromatic N) is 2. The van der Waals surface area contributed by atoms with Gasteiger partial charge in [-0.3, -0.25) is 0 Å². The van der Waals surface area contributed by atoms with Crippen LogP contribution in [0, 0.1) is 5.92 Å². The van der Waals surface area contributed by atoms with E-state index in [2.05, 4.69) is 16.8 Å². The van der Waals surface area contributed by atoms with Gasteiger partial charge in [0.15, 0.2) is 0 Å². The molecule has 0 radical (unpaired) electrons. The molecule has 17 heavy (non-hydrogen) atoms. The van der Waals surface area contributed by atoms with Gasteiger partial charge in [0.25, 0.3) is 0 Å². The minimum Gasteiger partial charge on any atom is -0.478 e. The first kappa shape index (κ1) is 12.2. The predicted molar refractivity (Wildman–Crippen MR) is 66.8 cm³/mol. The van der Waals surface area contributed by atoms with Crippen molar-refractivity contribution in [3.63, 3.8) is 0 Å². The Balaban J connectivity index is 2.26. The smallest absolute Gasteiger partial charge is 0.337 e. The van der Waals surface area contributed by atoms with Crippen molar-refractivity contribution in [3.8, 4) is 0 Å². The number of piperidine rings is 1. The van der Waals surface area contributed by atoms with Crippen LogP contribution in [0.25, 0.3) is 0 Å². The molecule has 1 fully saturated rings. The Morgan fingerprint density at radius 2 is 2.41 bits per heavy atom. The van der Waals surface area contributed by atoms with Gasteiger partial charge in [-0.1, -0.05) is 18.5 Å². The number of aromatic carboxylic acids is 1. The summed E-state index contributed by atoms with van der Waals surface area (Å²) in [5.74, 6) is 0.316. The van der Waals surface area contributed by atoms with Gasteiger partial charge in [-0.15, -0.1) is 0 Å². The highest BCUT2D eigenvalue weighted by Crippen LogP contribution is 2.24. The maximum atomic E-state index is 11.0. The molecule has 1 aliphatic heterocycles. The Morgan fingerprint density at radius 1 is 1.65 bits per heavy atom. The molecule has 5 heteroatoms. The van der Waals surface area contributed by atoms with Crippen LogP contribution in [0.5, 0.6) is 0 Å². The van der Waals surface area contributed by atoms with E-state index in [1.54, 1.807) is 6.07 Å². The number of carbonyl (C=O) groups is 1. The second-order valence-corrected chi connectivity index (χ2v) is 4.93. The Labute approximate surface area is 105 Å². The van der Waals surface area contributed by atoms with E-state index in [1.165, 1.54) is 12.6 Å². The first-order chi connectivity index (χ1) is 8.08. The highest BCUT2D eigenvalue weighted by Gasteiger charge is 2.19. The summed E-state index contributed by atoms with van der Waals surface area (Å²) in [4.78, 5) is 17.3. The number of carboxylic acids is 1. The van der Waals surface area contributed by atoms with Crippen LogP contribution in [0.1, 0.15) is 30.1 Å². The second-order valence-electron chi connectivity index (χ2n) is 4.52. The van der Waals surface area contributed by atoms with Crippen LogP contribution in [0.4, 0.5) is 5.82 Å². The van der Waals surface area contributed by atoms with Gasteiger partial charge in [0.1, 0.15) is 5.82 Å². The van der Waals surface area contributed by atoms with Gasteiger partial charge in [-0.25, -0.2) is 9.78 Å². The largest absolute Gasteiger partial charge is 0.478 e.